The first-order chi connectivity index (χ1) is 7.70. The molecule has 88 valence electrons. The van der Waals surface area contributed by atoms with Crippen LogP contribution in [0.1, 0.15) is 12.5 Å². The lowest BCUT2D eigenvalue weighted by Gasteiger charge is -2.04. The fourth-order valence-corrected chi connectivity index (χ4v) is 3.65. The molecule has 1 aromatic carbocycles. The molecule has 0 heterocycles. The summed E-state index contributed by atoms with van der Waals surface area (Å²) in [5, 5.41) is 9.49. The van der Waals surface area contributed by atoms with Crippen molar-refractivity contribution in [3.05, 3.63) is 35.9 Å². The molecule has 0 saturated heterocycles. The molecule has 0 radical (unpaired) electrons. The molecule has 0 aromatic heterocycles. The Hall–Kier alpha value is -0.130. The summed E-state index contributed by atoms with van der Waals surface area (Å²) < 4.78 is 6.26. The predicted molar refractivity (Wildman–Crippen MR) is 72.6 cm³/mol. The molecule has 0 aliphatic heterocycles. The number of aliphatic hydroxyl groups excluding tert-OH is 1. The highest BCUT2D eigenvalue weighted by Gasteiger charge is 2.50. The van der Waals surface area contributed by atoms with Crippen molar-refractivity contribution in [1.29, 1.82) is 0 Å². The van der Waals surface area contributed by atoms with Gasteiger partial charge in [0.05, 0.1) is 19.3 Å². The summed E-state index contributed by atoms with van der Waals surface area (Å²) in [7, 11) is 0. The standard InChI is InChI=1S/C13H17IO2/c1-9(15)12-11(13(12)14)8-16-7-10-5-3-2-4-6-10/h2-6,9,11-13,15H,7-8H2,1H3/t9-,11+,12+,13+/m0/s1. The highest BCUT2D eigenvalue weighted by atomic mass is 127. The summed E-state index contributed by atoms with van der Waals surface area (Å²) in [6.45, 7) is 3.30. The van der Waals surface area contributed by atoms with Crippen LogP contribution in [-0.4, -0.2) is 21.7 Å². The Balaban J connectivity index is 1.70. The molecule has 2 rings (SSSR count). The molecule has 3 heteroatoms. The van der Waals surface area contributed by atoms with Crippen LogP contribution in [-0.2, 0) is 11.3 Å². The van der Waals surface area contributed by atoms with Crippen LogP contribution in [0.5, 0.6) is 0 Å². The average molecular weight is 332 g/mol. The molecule has 1 fully saturated rings. The van der Waals surface area contributed by atoms with Gasteiger partial charge in [0.25, 0.3) is 0 Å². The minimum atomic E-state index is -0.202. The van der Waals surface area contributed by atoms with Gasteiger partial charge in [-0.05, 0) is 12.5 Å². The average Bonchev–Trinajstić information content (AvgIpc) is 2.91. The monoisotopic (exact) mass is 332 g/mol. The SMILES string of the molecule is C[C@H](O)[C@H]1[C@H](I)[C@@H]1COCc1ccccc1. The van der Waals surface area contributed by atoms with E-state index in [1.807, 2.05) is 25.1 Å². The third kappa shape index (κ3) is 2.96. The zero-order valence-corrected chi connectivity index (χ0v) is 11.5. The smallest absolute Gasteiger partial charge is 0.0717 e. The third-order valence-electron chi connectivity index (χ3n) is 3.11. The lowest BCUT2D eigenvalue weighted by molar-refractivity contribution is 0.0944. The van der Waals surface area contributed by atoms with Crippen LogP contribution in [0.2, 0.25) is 0 Å². The van der Waals surface area contributed by atoms with Gasteiger partial charge in [-0.15, -0.1) is 0 Å². The minimum Gasteiger partial charge on any atom is -0.393 e. The molecule has 1 saturated carbocycles. The quantitative estimate of drug-likeness (QED) is 0.664. The first kappa shape index (κ1) is 12.3. The van der Waals surface area contributed by atoms with Crippen molar-refractivity contribution in [1.82, 2.24) is 0 Å². The van der Waals surface area contributed by atoms with Gasteiger partial charge in [-0.3, -0.25) is 0 Å². The minimum absolute atomic E-state index is 0.202. The fraction of sp³-hybridized carbons (Fsp3) is 0.538. The molecule has 4 atom stereocenters. The van der Waals surface area contributed by atoms with E-state index in [1.165, 1.54) is 5.56 Å². The number of aliphatic hydroxyl groups is 1. The molecular weight excluding hydrogens is 315 g/mol. The molecule has 1 aliphatic carbocycles. The van der Waals surface area contributed by atoms with Crippen molar-refractivity contribution in [2.75, 3.05) is 6.61 Å². The zero-order valence-electron chi connectivity index (χ0n) is 9.34. The molecule has 0 unspecified atom stereocenters. The van der Waals surface area contributed by atoms with E-state index in [0.717, 1.165) is 6.61 Å². The molecule has 2 nitrogen and oxygen atoms in total. The summed E-state index contributed by atoms with van der Waals surface area (Å²) in [5.74, 6) is 0.959. The normalized spacial score (nSPS) is 30.1. The van der Waals surface area contributed by atoms with Crippen LogP contribution >= 0.6 is 22.6 Å². The lowest BCUT2D eigenvalue weighted by Crippen LogP contribution is -2.07. The first-order valence-electron chi connectivity index (χ1n) is 5.64. The van der Waals surface area contributed by atoms with Gasteiger partial charge in [0.15, 0.2) is 0 Å². The molecule has 0 bridgehead atoms. The fourth-order valence-electron chi connectivity index (χ4n) is 2.07. The van der Waals surface area contributed by atoms with E-state index in [9.17, 15) is 5.11 Å². The second kappa shape index (κ2) is 5.47. The summed E-state index contributed by atoms with van der Waals surface area (Å²) >= 11 is 2.41. The number of benzene rings is 1. The molecule has 1 N–H and O–H groups in total. The molecule has 0 amide bonds. The van der Waals surface area contributed by atoms with Gasteiger partial charge < -0.3 is 9.84 Å². The van der Waals surface area contributed by atoms with E-state index in [4.69, 9.17) is 4.74 Å². The third-order valence-corrected chi connectivity index (χ3v) is 4.86. The van der Waals surface area contributed by atoms with E-state index in [1.54, 1.807) is 0 Å². The summed E-state index contributed by atoms with van der Waals surface area (Å²) in [6.07, 6.45) is -0.202. The Labute approximate surface area is 110 Å². The molecule has 16 heavy (non-hydrogen) atoms. The van der Waals surface area contributed by atoms with Gasteiger partial charge in [-0.2, -0.15) is 0 Å². The highest BCUT2D eigenvalue weighted by molar-refractivity contribution is 14.1. The van der Waals surface area contributed by atoms with E-state index in [-0.39, 0.29) is 6.10 Å². The number of halogens is 1. The molecule has 1 aliphatic rings. The maximum atomic E-state index is 9.49. The topological polar surface area (TPSA) is 29.5 Å². The van der Waals surface area contributed by atoms with Gasteiger partial charge in [-0.1, -0.05) is 52.9 Å². The van der Waals surface area contributed by atoms with Crippen LogP contribution < -0.4 is 0 Å². The van der Waals surface area contributed by atoms with E-state index >= 15 is 0 Å². The van der Waals surface area contributed by atoms with Crippen molar-refractivity contribution < 1.29 is 9.84 Å². The number of hydrogen-bond donors (Lipinski definition) is 1. The van der Waals surface area contributed by atoms with Gasteiger partial charge in [0.1, 0.15) is 0 Å². The van der Waals surface area contributed by atoms with E-state index < -0.39 is 0 Å². The summed E-state index contributed by atoms with van der Waals surface area (Å²) in [6, 6.07) is 10.2. The number of alkyl halides is 1. The van der Waals surface area contributed by atoms with Crippen molar-refractivity contribution >= 4 is 22.6 Å². The Morgan fingerprint density at radius 3 is 2.62 bits per heavy atom. The zero-order chi connectivity index (χ0) is 11.5. The van der Waals surface area contributed by atoms with Crippen LogP contribution in [0.3, 0.4) is 0 Å². The van der Waals surface area contributed by atoms with Crippen molar-refractivity contribution in [2.45, 2.75) is 23.6 Å². The van der Waals surface area contributed by atoms with Gasteiger partial charge in [0.2, 0.25) is 0 Å². The van der Waals surface area contributed by atoms with Crippen LogP contribution in [0.4, 0.5) is 0 Å². The van der Waals surface area contributed by atoms with Gasteiger partial charge >= 0.3 is 0 Å². The number of hydrogen-bond acceptors (Lipinski definition) is 2. The van der Waals surface area contributed by atoms with Crippen LogP contribution in [0.25, 0.3) is 0 Å². The van der Waals surface area contributed by atoms with Crippen molar-refractivity contribution in [3.63, 3.8) is 0 Å². The predicted octanol–water partition coefficient (Wildman–Crippen LogP) is 2.63. The maximum Gasteiger partial charge on any atom is 0.0717 e. The van der Waals surface area contributed by atoms with Crippen molar-refractivity contribution in [3.8, 4) is 0 Å². The molecule has 1 aromatic rings. The molecule has 0 spiro atoms. The number of rotatable bonds is 5. The summed E-state index contributed by atoms with van der Waals surface area (Å²) in [5.41, 5.74) is 1.21. The second-order valence-corrected chi connectivity index (χ2v) is 5.87. The maximum absolute atomic E-state index is 9.49. The van der Waals surface area contributed by atoms with Gasteiger partial charge in [-0.25, -0.2) is 0 Å². The van der Waals surface area contributed by atoms with E-state index in [2.05, 4.69) is 34.7 Å². The van der Waals surface area contributed by atoms with E-state index in [0.29, 0.717) is 22.4 Å². The Morgan fingerprint density at radius 1 is 1.38 bits per heavy atom. The van der Waals surface area contributed by atoms with Crippen molar-refractivity contribution in [2.24, 2.45) is 11.8 Å². The second-order valence-electron chi connectivity index (χ2n) is 4.43. The Bertz CT molecular complexity index is 326. The van der Waals surface area contributed by atoms with Crippen LogP contribution in [0.15, 0.2) is 30.3 Å². The summed E-state index contributed by atoms with van der Waals surface area (Å²) in [4.78, 5) is 0. The molecular formula is C13H17IO2. The Kier molecular flexibility index (Phi) is 4.21. The number of ether oxygens (including phenoxy) is 1. The van der Waals surface area contributed by atoms with Gasteiger partial charge in [0, 0.05) is 15.8 Å². The lowest BCUT2D eigenvalue weighted by atomic mass is 10.2. The highest BCUT2D eigenvalue weighted by Crippen LogP contribution is 2.48. The van der Waals surface area contributed by atoms with Crippen LogP contribution in [0, 0.1) is 11.8 Å². The Morgan fingerprint density at radius 2 is 2.06 bits per heavy atom. The largest absolute Gasteiger partial charge is 0.393 e. The first-order valence-corrected chi connectivity index (χ1v) is 6.88.